The lowest BCUT2D eigenvalue weighted by Gasteiger charge is -2.26. The highest BCUT2D eigenvalue weighted by atomic mass is 32.2. The minimum Gasteiger partial charge on any atom is -0.371 e. The Balaban J connectivity index is 1.96. The highest BCUT2D eigenvalue weighted by Gasteiger charge is 2.19. The highest BCUT2D eigenvalue weighted by Crippen LogP contribution is 2.25. The Morgan fingerprint density at radius 2 is 2.12 bits per heavy atom. The van der Waals surface area contributed by atoms with Crippen LogP contribution in [0, 0.1) is 0 Å². The predicted octanol–water partition coefficient (Wildman–Crippen LogP) is 2.74. The second-order valence-electron chi connectivity index (χ2n) is 4.58. The van der Waals surface area contributed by atoms with Crippen molar-refractivity contribution < 1.29 is 0 Å². The van der Waals surface area contributed by atoms with Gasteiger partial charge >= 0.3 is 0 Å². The van der Waals surface area contributed by atoms with Crippen molar-refractivity contribution in [2.24, 2.45) is 0 Å². The van der Waals surface area contributed by atoms with Crippen LogP contribution in [0.4, 0.5) is 5.69 Å². The molecule has 0 aromatic heterocycles. The lowest BCUT2D eigenvalue weighted by atomic mass is 10.1. The second kappa shape index (κ2) is 6.31. The number of hydrogen-bond donors (Lipinski definition) is 1. The zero-order valence-corrected chi connectivity index (χ0v) is 11.6. The quantitative estimate of drug-likeness (QED) is 0.865. The molecule has 3 heteroatoms. The lowest BCUT2D eigenvalue weighted by Crippen LogP contribution is -2.31. The third-order valence-electron chi connectivity index (χ3n) is 3.38. The number of rotatable bonds is 5. The summed E-state index contributed by atoms with van der Waals surface area (Å²) in [6.07, 6.45) is 1.32. The molecule has 1 N–H and O–H groups in total. The molecule has 1 aromatic rings. The zero-order valence-electron chi connectivity index (χ0n) is 10.8. The normalized spacial score (nSPS) is 19.5. The van der Waals surface area contributed by atoms with Gasteiger partial charge in [0.25, 0.3) is 0 Å². The molecule has 0 saturated carbocycles. The number of benzene rings is 1. The number of nitrogens with one attached hydrogen (secondary N) is 1. The van der Waals surface area contributed by atoms with Crippen molar-refractivity contribution in [3.05, 3.63) is 29.8 Å². The van der Waals surface area contributed by atoms with E-state index < -0.39 is 0 Å². The molecule has 1 atom stereocenters. The summed E-state index contributed by atoms with van der Waals surface area (Å²) in [4.78, 5) is 2.43. The van der Waals surface area contributed by atoms with Crippen molar-refractivity contribution in [1.29, 1.82) is 0 Å². The van der Waals surface area contributed by atoms with E-state index in [-0.39, 0.29) is 0 Å². The molecule has 1 unspecified atom stereocenters. The van der Waals surface area contributed by atoms with Crippen molar-refractivity contribution in [1.82, 2.24) is 5.32 Å². The summed E-state index contributed by atoms with van der Waals surface area (Å²) in [5.74, 6) is 2.59. The first-order valence-corrected chi connectivity index (χ1v) is 7.57. The summed E-state index contributed by atoms with van der Waals surface area (Å²) in [6.45, 7) is 4.14. The van der Waals surface area contributed by atoms with Crippen LogP contribution in [0.1, 0.15) is 18.9 Å². The number of nitrogens with zero attached hydrogens (tertiary/aromatic N) is 1. The minimum atomic E-state index is 0.722. The van der Waals surface area contributed by atoms with Crippen LogP contribution in [-0.2, 0) is 6.54 Å². The van der Waals surface area contributed by atoms with Gasteiger partial charge in [-0.15, -0.1) is 0 Å². The molecule has 2 rings (SSSR count). The first kappa shape index (κ1) is 12.8. The van der Waals surface area contributed by atoms with Crippen LogP contribution < -0.4 is 10.2 Å². The monoisotopic (exact) mass is 250 g/mol. The van der Waals surface area contributed by atoms with Gasteiger partial charge in [-0.1, -0.05) is 19.1 Å². The van der Waals surface area contributed by atoms with E-state index in [1.165, 1.54) is 29.2 Å². The number of thioether (sulfide) groups is 1. The molecule has 0 bridgehead atoms. The van der Waals surface area contributed by atoms with E-state index in [0.29, 0.717) is 0 Å². The smallest absolute Gasteiger partial charge is 0.0385 e. The Kier molecular flexibility index (Phi) is 4.75. The molecule has 1 aliphatic heterocycles. The van der Waals surface area contributed by atoms with Crippen LogP contribution in [0.15, 0.2) is 24.3 Å². The van der Waals surface area contributed by atoms with E-state index in [4.69, 9.17) is 0 Å². The molecule has 0 spiro atoms. The van der Waals surface area contributed by atoms with E-state index in [1.807, 2.05) is 0 Å². The molecule has 1 saturated heterocycles. The standard InChI is InChI=1S/C14H22N2S/c1-3-15-10-12-4-6-13(7-5-12)16(2)14-8-9-17-11-14/h4-7,14-15H,3,8-11H2,1-2H3. The van der Waals surface area contributed by atoms with Crippen LogP contribution in [0.3, 0.4) is 0 Å². The van der Waals surface area contributed by atoms with Gasteiger partial charge in [0.1, 0.15) is 0 Å². The van der Waals surface area contributed by atoms with Crippen molar-refractivity contribution in [3.63, 3.8) is 0 Å². The molecule has 0 radical (unpaired) electrons. The van der Waals surface area contributed by atoms with Gasteiger partial charge in [0.15, 0.2) is 0 Å². The molecule has 0 aliphatic carbocycles. The lowest BCUT2D eigenvalue weighted by molar-refractivity contribution is 0.699. The summed E-state index contributed by atoms with van der Waals surface area (Å²) in [7, 11) is 2.22. The Morgan fingerprint density at radius 1 is 1.35 bits per heavy atom. The van der Waals surface area contributed by atoms with Gasteiger partial charge in [-0.3, -0.25) is 0 Å². The predicted molar refractivity (Wildman–Crippen MR) is 78.0 cm³/mol. The molecule has 94 valence electrons. The SMILES string of the molecule is CCNCc1ccc(N(C)C2CCSC2)cc1. The van der Waals surface area contributed by atoms with Crippen molar-refractivity contribution in [3.8, 4) is 0 Å². The fourth-order valence-electron chi connectivity index (χ4n) is 2.16. The molecule has 17 heavy (non-hydrogen) atoms. The van der Waals surface area contributed by atoms with Crippen molar-refractivity contribution >= 4 is 17.4 Å². The van der Waals surface area contributed by atoms with Crippen molar-refractivity contribution in [2.75, 3.05) is 30.0 Å². The fraction of sp³-hybridized carbons (Fsp3) is 0.571. The summed E-state index contributed by atoms with van der Waals surface area (Å²) in [5, 5.41) is 3.35. The van der Waals surface area contributed by atoms with Gasteiger partial charge in [0.2, 0.25) is 0 Å². The average Bonchev–Trinajstić information content (AvgIpc) is 2.90. The third-order valence-corrected chi connectivity index (χ3v) is 4.52. The van der Waals surface area contributed by atoms with Gasteiger partial charge in [-0.2, -0.15) is 11.8 Å². The Hall–Kier alpha value is -0.670. The Morgan fingerprint density at radius 3 is 2.71 bits per heavy atom. The summed E-state index contributed by atoms with van der Waals surface area (Å²) in [6, 6.07) is 9.68. The molecule has 2 nitrogen and oxygen atoms in total. The zero-order chi connectivity index (χ0) is 12.1. The maximum atomic E-state index is 3.35. The van der Waals surface area contributed by atoms with E-state index >= 15 is 0 Å². The van der Waals surface area contributed by atoms with Gasteiger partial charge in [-0.25, -0.2) is 0 Å². The van der Waals surface area contributed by atoms with Crippen LogP contribution in [0.2, 0.25) is 0 Å². The average molecular weight is 250 g/mol. The van der Waals surface area contributed by atoms with Crippen LogP contribution in [-0.4, -0.2) is 31.1 Å². The maximum absolute atomic E-state index is 3.35. The number of hydrogen-bond acceptors (Lipinski definition) is 3. The minimum absolute atomic E-state index is 0.722. The van der Waals surface area contributed by atoms with Gasteiger partial charge in [0, 0.05) is 31.1 Å². The maximum Gasteiger partial charge on any atom is 0.0385 e. The van der Waals surface area contributed by atoms with E-state index in [9.17, 15) is 0 Å². The van der Waals surface area contributed by atoms with Gasteiger partial charge < -0.3 is 10.2 Å². The highest BCUT2D eigenvalue weighted by molar-refractivity contribution is 7.99. The molecule has 0 amide bonds. The Labute approximate surface area is 109 Å². The van der Waals surface area contributed by atoms with Crippen molar-refractivity contribution in [2.45, 2.75) is 25.9 Å². The largest absolute Gasteiger partial charge is 0.371 e. The van der Waals surface area contributed by atoms with E-state index in [2.05, 4.69) is 60.2 Å². The van der Waals surface area contributed by atoms with E-state index in [1.54, 1.807) is 0 Å². The van der Waals surface area contributed by atoms with Crippen LogP contribution in [0.25, 0.3) is 0 Å². The van der Waals surface area contributed by atoms with E-state index in [0.717, 1.165) is 19.1 Å². The second-order valence-corrected chi connectivity index (χ2v) is 5.72. The molecular formula is C14H22N2S. The first-order valence-electron chi connectivity index (χ1n) is 6.41. The summed E-state index contributed by atoms with van der Waals surface area (Å²) < 4.78 is 0. The fourth-order valence-corrected chi connectivity index (χ4v) is 3.42. The summed E-state index contributed by atoms with van der Waals surface area (Å²) >= 11 is 2.07. The van der Waals surface area contributed by atoms with Crippen LogP contribution in [0.5, 0.6) is 0 Å². The Bertz CT molecular complexity index is 331. The summed E-state index contributed by atoms with van der Waals surface area (Å²) in [5.41, 5.74) is 2.71. The van der Waals surface area contributed by atoms with Gasteiger partial charge in [-0.05, 0) is 36.4 Å². The first-order chi connectivity index (χ1) is 8.31. The molecule has 1 fully saturated rings. The molecule has 1 heterocycles. The third kappa shape index (κ3) is 3.39. The molecule has 1 aromatic carbocycles. The topological polar surface area (TPSA) is 15.3 Å². The van der Waals surface area contributed by atoms with Gasteiger partial charge in [0.05, 0.1) is 0 Å². The van der Waals surface area contributed by atoms with Crippen LogP contribution >= 0.6 is 11.8 Å². The molecule has 1 aliphatic rings. The number of anilines is 1. The molecular weight excluding hydrogens is 228 g/mol.